The molecule has 1 N–H and O–H groups in total. The Morgan fingerprint density at radius 2 is 1.77 bits per heavy atom. The molecule has 2 fully saturated rings. The van der Waals surface area contributed by atoms with Crippen molar-refractivity contribution in [3.63, 3.8) is 0 Å². The van der Waals surface area contributed by atoms with Crippen LogP contribution in [0.2, 0.25) is 0 Å². The molecular formula is C23H32N4O2S. The fourth-order valence-electron chi connectivity index (χ4n) is 4.92. The Morgan fingerprint density at radius 3 is 2.50 bits per heavy atom. The SMILES string of the molecule is C[C@@H]1CCC[C@@H](C)N1C(=O)Cn1c(SCC(=O)NC2CCCC2)nc2ccccc21. The van der Waals surface area contributed by atoms with Gasteiger partial charge in [-0.25, -0.2) is 4.98 Å². The van der Waals surface area contributed by atoms with Crippen molar-refractivity contribution in [3.05, 3.63) is 24.3 Å². The van der Waals surface area contributed by atoms with Crippen LogP contribution < -0.4 is 5.32 Å². The normalized spacial score (nSPS) is 22.5. The van der Waals surface area contributed by atoms with Gasteiger partial charge in [-0.15, -0.1) is 0 Å². The van der Waals surface area contributed by atoms with E-state index in [1.165, 1.54) is 31.0 Å². The second-order valence-corrected chi connectivity index (χ2v) is 9.68. The number of carbonyl (C=O) groups excluding carboxylic acids is 2. The summed E-state index contributed by atoms with van der Waals surface area (Å²) < 4.78 is 1.99. The Kier molecular flexibility index (Phi) is 6.66. The number of rotatable bonds is 6. The van der Waals surface area contributed by atoms with Crippen molar-refractivity contribution in [1.82, 2.24) is 19.8 Å². The predicted molar refractivity (Wildman–Crippen MR) is 120 cm³/mol. The Labute approximate surface area is 182 Å². The van der Waals surface area contributed by atoms with Gasteiger partial charge >= 0.3 is 0 Å². The predicted octanol–water partition coefficient (Wildman–Crippen LogP) is 3.98. The van der Waals surface area contributed by atoms with E-state index in [2.05, 4.69) is 19.2 Å². The number of nitrogens with one attached hydrogen (secondary N) is 1. The van der Waals surface area contributed by atoms with Crippen LogP contribution in [-0.4, -0.2) is 50.1 Å². The van der Waals surface area contributed by atoms with Crippen molar-refractivity contribution >= 4 is 34.6 Å². The largest absolute Gasteiger partial charge is 0.353 e. The van der Waals surface area contributed by atoms with Crippen molar-refractivity contribution in [1.29, 1.82) is 0 Å². The number of thioether (sulfide) groups is 1. The molecule has 1 saturated carbocycles. The average Bonchev–Trinajstić information content (AvgIpc) is 3.34. The van der Waals surface area contributed by atoms with Crippen LogP contribution in [0.4, 0.5) is 0 Å². The second kappa shape index (κ2) is 9.41. The highest BCUT2D eigenvalue weighted by Gasteiger charge is 2.29. The van der Waals surface area contributed by atoms with Crippen molar-refractivity contribution < 1.29 is 9.59 Å². The molecule has 30 heavy (non-hydrogen) atoms. The van der Waals surface area contributed by atoms with Gasteiger partial charge in [0.05, 0.1) is 16.8 Å². The smallest absolute Gasteiger partial charge is 0.243 e. The van der Waals surface area contributed by atoms with Gasteiger partial charge in [-0.05, 0) is 58.1 Å². The van der Waals surface area contributed by atoms with Crippen LogP contribution in [0.15, 0.2) is 29.4 Å². The maximum absolute atomic E-state index is 13.2. The molecular weight excluding hydrogens is 396 g/mol. The Morgan fingerprint density at radius 1 is 1.07 bits per heavy atom. The number of aromatic nitrogens is 2. The first-order valence-electron chi connectivity index (χ1n) is 11.2. The van der Waals surface area contributed by atoms with Gasteiger partial charge in [-0.1, -0.05) is 36.7 Å². The highest BCUT2D eigenvalue weighted by molar-refractivity contribution is 7.99. The minimum Gasteiger partial charge on any atom is -0.353 e. The molecule has 162 valence electrons. The fourth-order valence-corrected chi connectivity index (χ4v) is 5.74. The van der Waals surface area contributed by atoms with Gasteiger partial charge < -0.3 is 14.8 Å². The van der Waals surface area contributed by atoms with Crippen molar-refractivity contribution in [2.24, 2.45) is 0 Å². The maximum atomic E-state index is 13.2. The van der Waals surface area contributed by atoms with Gasteiger partial charge in [0, 0.05) is 18.1 Å². The summed E-state index contributed by atoms with van der Waals surface area (Å²) in [6, 6.07) is 8.75. The molecule has 1 saturated heterocycles. The lowest BCUT2D eigenvalue weighted by atomic mass is 9.97. The molecule has 2 amide bonds. The third-order valence-corrected chi connectivity index (χ3v) is 7.42. The molecule has 0 unspecified atom stereocenters. The van der Waals surface area contributed by atoms with E-state index in [0.29, 0.717) is 11.8 Å². The van der Waals surface area contributed by atoms with E-state index in [1.54, 1.807) is 0 Å². The summed E-state index contributed by atoms with van der Waals surface area (Å²) >= 11 is 1.42. The van der Waals surface area contributed by atoms with E-state index in [4.69, 9.17) is 4.98 Å². The highest BCUT2D eigenvalue weighted by atomic mass is 32.2. The monoisotopic (exact) mass is 428 g/mol. The number of para-hydroxylation sites is 2. The molecule has 2 atom stereocenters. The van der Waals surface area contributed by atoms with Gasteiger partial charge in [0.15, 0.2) is 5.16 Å². The molecule has 2 aliphatic rings. The van der Waals surface area contributed by atoms with Gasteiger partial charge in [0.25, 0.3) is 0 Å². The Balaban J connectivity index is 1.50. The van der Waals surface area contributed by atoms with E-state index in [1.807, 2.05) is 33.7 Å². The Hall–Kier alpha value is -2.02. The molecule has 0 bridgehead atoms. The summed E-state index contributed by atoms with van der Waals surface area (Å²) in [6.45, 7) is 4.55. The molecule has 2 aromatic rings. The number of likely N-dealkylation sites (tertiary alicyclic amines) is 1. The highest BCUT2D eigenvalue weighted by Crippen LogP contribution is 2.27. The maximum Gasteiger partial charge on any atom is 0.243 e. The zero-order valence-corrected chi connectivity index (χ0v) is 18.8. The third kappa shape index (κ3) is 4.66. The molecule has 0 spiro atoms. The molecule has 2 heterocycles. The number of nitrogens with zero attached hydrogens (tertiary/aromatic N) is 3. The summed E-state index contributed by atoms with van der Waals surface area (Å²) in [5, 5.41) is 3.87. The van der Waals surface area contributed by atoms with E-state index < -0.39 is 0 Å². The van der Waals surface area contributed by atoms with Crippen LogP contribution in [0.1, 0.15) is 58.8 Å². The minimum atomic E-state index is 0.0510. The third-order valence-electron chi connectivity index (χ3n) is 6.45. The van der Waals surface area contributed by atoms with E-state index >= 15 is 0 Å². The van der Waals surface area contributed by atoms with Crippen molar-refractivity contribution in [2.45, 2.75) is 88.6 Å². The zero-order chi connectivity index (χ0) is 21.1. The number of hydrogen-bond acceptors (Lipinski definition) is 4. The van der Waals surface area contributed by atoms with Crippen LogP contribution >= 0.6 is 11.8 Å². The fraction of sp³-hybridized carbons (Fsp3) is 0.609. The lowest BCUT2D eigenvalue weighted by molar-refractivity contribution is -0.138. The number of piperidine rings is 1. The van der Waals surface area contributed by atoms with E-state index in [-0.39, 0.29) is 30.4 Å². The summed E-state index contributed by atoms with van der Waals surface area (Å²) in [7, 11) is 0. The van der Waals surface area contributed by atoms with Gasteiger partial charge in [-0.2, -0.15) is 0 Å². The summed E-state index contributed by atoms with van der Waals surface area (Å²) in [5.41, 5.74) is 1.81. The van der Waals surface area contributed by atoms with Gasteiger partial charge in [0.1, 0.15) is 6.54 Å². The lowest BCUT2D eigenvalue weighted by Crippen LogP contribution is -2.48. The minimum absolute atomic E-state index is 0.0510. The van der Waals surface area contributed by atoms with Gasteiger partial charge in [-0.3, -0.25) is 9.59 Å². The molecule has 7 heteroatoms. The number of hydrogen-bond donors (Lipinski definition) is 1. The molecule has 6 nitrogen and oxygen atoms in total. The summed E-state index contributed by atoms with van der Waals surface area (Å²) in [6.07, 6.45) is 7.85. The molecule has 1 aliphatic carbocycles. The van der Waals surface area contributed by atoms with Crippen LogP contribution in [0.3, 0.4) is 0 Å². The first-order valence-corrected chi connectivity index (χ1v) is 12.2. The standard InChI is InChI=1S/C23H32N4O2S/c1-16-8-7-9-17(2)27(16)22(29)14-26-20-13-6-5-12-19(20)25-23(26)30-15-21(28)24-18-10-3-4-11-18/h5-6,12-13,16-18H,3-4,7-11,14-15H2,1-2H3,(H,24,28)/t16-,17-/m1/s1. The van der Waals surface area contributed by atoms with E-state index in [0.717, 1.165) is 41.9 Å². The van der Waals surface area contributed by atoms with Crippen molar-refractivity contribution in [2.75, 3.05) is 5.75 Å². The molecule has 1 aromatic heterocycles. The molecule has 1 aliphatic heterocycles. The lowest BCUT2D eigenvalue weighted by Gasteiger charge is -2.39. The second-order valence-electron chi connectivity index (χ2n) is 8.74. The number of carbonyl (C=O) groups is 2. The summed E-state index contributed by atoms with van der Waals surface area (Å²) in [5.74, 6) is 0.509. The first kappa shape index (κ1) is 21.2. The van der Waals surface area contributed by atoms with E-state index in [9.17, 15) is 9.59 Å². The summed E-state index contributed by atoms with van der Waals surface area (Å²) in [4.78, 5) is 32.4. The van der Waals surface area contributed by atoms with Crippen LogP contribution in [0.25, 0.3) is 11.0 Å². The number of benzene rings is 1. The Bertz CT molecular complexity index is 896. The topological polar surface area (TPSA) is 67.2 Å². The molecule has 0 radical (unpaired) electrons. The van der Waals surface area contributed by atoms with Crippen LogP contribution in [-0.2, 0) is 16.1 Å². The van der Waals surface area contributed by atoms with Crippen LogP contribution in [0.5, 0.6) is 0 Å². The number of fused-ring (bicyclic) bond motifs is 1. The number of amides is 2. The molecule has 1 aromatic carbocycles. The first-order chi connectivity index (χ1) is 14.5. The zero-order valence-electron chi connectivity index (χ0n) is 18.0. The number of imidazole rings is 1. The van der Waals surface area contributed by atoms with Crippen molar-refractivity contribution in [3.8, 4) is 0 Å². The van der Waals surface area contributed by atoms with Gasteiger partial charge in [0.2, 0.25) is 11.8 Å². The quantitative estimate of drug-likeness (QED) is 0.707. The van der Waals surface area contributed by atoms with Crippen LogP contribution in [0, 0.1) is 0 Å². The average molecular weight is 429 g/mol. The molecule has 4 rings (SSSR count).